The van der Waals surface area contributed by atoms with E-state index < -0.39 is 0 Å². The van der Waals surface area contributed by atoms with Crippen LogP contribution in [0, 0.1) is 13.8 Å². The highest BCUT2D eigenvalue weighted by molar-refractivity contribution is 5.41. The minimum atomic E-state index is -0.374. The van der Waals surface area contributed by atoms with Crippen molar-refractivity contribution >= 4 is 0 Å². The largest absolute Gasteiger partial charge is 0.496 e. The Balaban J connectivity index is 1.74. The van der Waals surface area contributed by atoms with Gasteiger partial charge in [-0.3, -0.25) is 9.88 Å². The van der Waals surface area contributed by atoms with Gasteiger partial charge in [0, 0.05) is 30.3 Å². The van der Waals surface area contributed by atoms with Gasteiger partial charge in [-0.2, -0.15) is 0 Å². The summed E-state index contributed by atoms with van der Waals surface area (Å²) in [6.45, 7) is 8.23. The van der Waals surface area contributed by atoms with Gasteiger partial charge in [-0.05, 0) is 26.8 Å². The Morgan fingerprint density at radius 2 is 2.10 bits per heavy atom. The van der Waals surface area contributed by atoms with Gasteiger partial charge >= 0.3 is 0 Å². The summed E-state index contributed by atoms with van der Waals surface area (Å²) in [7, 11) is 1.72. The van der Waals surface area contributed by atoms with Gasteiger partial charge in [0.05, 0.1) is 32.6 Å². The number of methoxy groups -OCH3 is 1. The van der Waals surface area contributed by atoms with Crippen LogP contribution in [0.15, 0.2) is 6.20 Å². The SMILES string of the molecule is COc1c(C)cnc(CN2CCCC3(C2)OCCO3)c1C. The molecule has 2 fully saturated rings. The van der Waals surface area contributed by atoms with Crippen molar-refractivity contribution in [1.82, 2.24) is 9.88 Å². The van der Waals surface area contributed by atoms with Gasteiger partial charge < -0.3 is 14.2 Å². The molecule has 0 radical (unpaired) electrons. The van der Waals surface area contributed by atoms with Crippen LogP contribution < -0.4 is 4.74 Å². The van der Waals surface area contributed by atoms with Crippen molar-refractivity contribution in [3.63, 3.8) is 0 Å². The molecule has 1 aromatic rings. The minimum Gasteiger partial charge on any atom is -0.496 e. The molecule has 3 rings (SSSR count). The highest BCUT2D eigenvalue weighted by atomic mass is 16.7. The van der Waals surface area contributed by atoms with Crippen LogP contribution in [0.1, 0.15) is 29.7 Å². The molecular weight excluding hydrogens is 268 g/mol. The third-order valence-electron chi connectivity index (χ3n) is 4.43. The molecule has 0 aliphatic carbocycles. The van der Waals surface area contributed by atoms with Gasteiger partial charge in [0.2, 0.25) is 0 Å². The molecule has 0 aromatic carbocycles. The normalized spacial score (nSPS) is 21.9. The van der Waals surface area contributed by atoms with Crippen LogP contribution in [0.4, 0.5) is 0 Å². The smallest absolute Gasteiger partial charge is 0.181 e. The first kappa shape index (κ1) is 14.8. The van der Waals surface area contributed by atoms with Crippen LogP contribution in [0.25, 0.3) is 0 Å². The number of likely N-dealkylation sites (tertiary alicyclic amines) is 1. The van der Waals surface area contributed by atoms with Crippen molar-refractivity contribution in [2.24, 2.45) is 0 Å². The molecular formula is C16H24N2O3. The lowest BCUT2D eigenvalue weighted by Crippen LogP contribution is -2.48. The van der Waals surface area contributed by atoms with Crippen LogP contribution in [0.2, 0.25) is 0 Å². The van der Waals surface area contributed by atoms with Gasteiger partial charge in [-0.1, -0.05) is 0 Å². The summed E-state index contributed by atoms with van der Waals surface area (Å²) in [5.41, 5.74) is 3.29. The van der Waals surface area contributed by atoms with E-state index in [1.165, 1.54) is 0 Å². The molecule has 2 saturated heterocycles. The number of pyridine rings is 1. The van der Waals surface area contributed by atoms with E-state index in [1.807, 2.05) is 13.1 Å². The van der Waals surface area contributed by atoms with Gasteiger partial charge in [-0.25, -0.2) is 0 Å². The lowest BCUT2D eigenvalue weighted by molar-refractivity contribution is -0.190. The number of nitrogens with zero attached hydrogens (tertiary/aromatic N) is 2. The zero-order chi connectivity index (χ0) is 14.9. The second kappa shape index (κ2) is 5.91. The zero-order valence-electron chi connectivity index (χ0n) is 13.1. The predicted molar refractivity (Wildman–Crippen MR) is 79.4 cm³/mol. The molecule has 1 aromatic heterocycles. The number of ether oxygens (including phenoxy) is 3. The van der Waals surface area contributed by atoms with Crippen LogP contribution in [0.3, 0.4) is 0 Å². The van der Waals surface area contributed by atoms with Crippen LogP contribution in [-0.2, 0) is 16.0 Å². The summed E-state index contributed by atoms with van der Waals surface area (Å²) >= 11 is 0. The molecule has 21 heavy (non-hydrogen) atoms. The van der Waals surface area contributed by atoms with Gasteiger partial charge in [0.25, 0.3) is 0 Å². The molecule has 5 heteroatoms. The summed E-state index contributed by atoms with van der Waals surface area (Å²) in [5.74, 6) is 0.570. The van der Waals surface area contributed by atoms with E-state index in [4.69, 9.17) is 14.2 Å². The van der Waals surface area contributed by atoms with Gasteiger partial charge in [-0.15, -0.1) is 0 Å². The van der Waals surface area contributed by atoms with Crippen molar-refractivity contribution in [1.29, 1.82) is 0 Å². The lowest BCUT2D eigenvalue weighted by atomic mass is 10.0. The van der Waals surface area contributed by atoms with E-state index in [1.54, 1.807) is 7.11 Å². The maximum Gasteiger partial charge on any atom is 0.181 e. The first-order chi connectivity index (χ1) is 10.1. The Hall–Kier alpha value is -1.17. The van der Waals surface area contributed by atoms with E-state index in [0.29, 0.717) is 13.2 Å². The van der Waals surface area contributed by atoms with E-state index in [2.05, 4.69) is 16.8 Å². The third-order valence-corrected chi connectivity index (χ3v) is 4.43. The van der Waals surface area contributed by atoms with Crippen molar-refractivity contribution in [2.75, 3.05) is 33.4 Å². The van der Waals surface area contributed by atoms with E-state index in [-0.39, 0.29) is 5.79 Å². The van der Waals surface area contributed by atoms with E-state index >= 15 is 0 Å². The summed E-state index contributed by atoms with van der Waals surface area (Å²) in [4.78, 5) is 6.97. The van der Waals surface area contributed by atoms with Crippen molar-refractivity contribution in [2.45, 2.75) is 39.0 Å². The number of hydrogen-bond acceptors (Lipinski definition) is 5. The second-order valence-corrected chi connectivity index (χ2v) is 5.97. The summed E-state index contributed by atoms with van der Waals surface area (Å²) < 4.78 is 17.2. The average Bonchev–Trinajstić information content (AvgIpc) is 2.91. The molecule has 0 amide bonds. The maximum absolute atomic E-state index is 5.83. The van der Waals surface area contributed by atoms with Crippen LogP contribution in [0.5, 0.6) is 5.75 Å². The van der Waals surface area contributed by atoms with E-state index in [0.717, 1.165) is 55.0 Å². The monoisotopic (exact) mass is 292 g/mol. The van der Waals surface area contributed by atoms with E-state index in [9.17, 15) is 0 Å². The molecule has 2 aliphatic rings. The quantitative estimate of drug-likeness (QED) is 0.853. The Morgan fingerprint density at radius 3 is 2.81 bits per heavy atom. The van der Waals surface area contributed by atoms with Crippen LogP contribution >= 0.6 is 0 Å². The molecule has 116 valence electrons. The second-order valence-electron chi connectivity index (χ2n) is 5.97. The molecule has 2 aliphatic heterocycles. The van der Waals surface area contributed by atoms with Crippen molar-refractivity contribution < 1.29 is 14.2 Å². The third kappa shape index (κ3) is 2.91. The number of hydrogen-bond donors (Lipinski definition) is 0. The fraction of sp³-hybridized carbons (Fsp3) is 0.688. The summed E-state index contributed by atoms with van der Waals surface area (Å²) in [5, 5.41) is 0. The summed E-state index contributed by atoms with van der Waals surface area (Å²) in [6.07, 6.45) is 3.98. The number of aryl methyl sites for hydroxylation is 1. The average molecular weight is 292 g/mol. The molecule has 1 spiro atoms. The number of piperidine rings is 1. The topological polar surface area (TPSA) is 43.8 Å². The molecule has 0 atom stereocenters. The molecule has 0 unspecified atom stereocenters. The highest BCUT2D eigenvalue weighted by Crippen LogP contribution is 2.31. The Labute approximate surface area is 126 Å². The Kier molecular flexibility index (Phi) is 4.15. The fourth-order valence-electron chi connectivity index (χ4n) is 3.38. The minimum absolute atomic E-state index is 0.374. The van der Waals surface area contributed by atoms with Crippen LogP contribution in [-0.4, -0.2) is 49.1 Å². The Morgan fingerprint density at radius 1 is 1.33 bits per heavy atom. The van der Waals surface area contributed by atoms with Gasteiger partial charge in [0.15, 0.2) is 5.79 Å². The molecule has 3 heterocycles. The van der Waals surface area contributed by atoms with Crippen molar-refractivity contribution in [3.05, 3.63) is 23.0 Å². The number of aromatic nitrogens is 1. The molecule has 0 saturated carbocycles. The highest BCUT2D eigenvalue weighted by Gasteiger charge is 2.40. The number of rotatable bonds is 3. The molecule has 0 N–H and O–H groups in total. The molecule has 0 bridgehead atoms. The van der Waals surface area contributed by atoms with Gasteiger partial charge in [0.1, 0.15) is 5.75 Å². The lowest BCUT2D eigenvalue weighted by Gasteiger charge is -2.38. The standard InChI is InChI=1S/C16H24N2O3/c1-12-9-17-14(13(2)15(12)19-3)10-18-6-4-5-16(11-18)20-7-8-21-16/h9H,4-8,10-11H2,1-3H3. The Bertz CT molecular complexity index is 512. The first-order valence-electron chi connectivity index (χ1n) is 7.63. The predicted octanol–water partition coefficient (Wildman–Crippen LogP) is 2.05. The first-order valence-corrected chi connectivity index (χ1v) is 7.63. The summed E-state index contributed by atoms with van der Waals surface area (Å²) in [6, 6.07) is 0. The molecule has 5 nitrogen and oxygen atoms in total. The fourth-order valence-corrected chi connectivity index (χ4v) is 3.38. The van der Waals surface area contributed by atoms with Crippen molar-refractivity contribution in [3.8, 4) is 5.75 Å². The zero-order valence-corrected chi connectivity index (χ0v) is 13.1. The maximum atomic E-state index is 5.83.